The van der Waals surface area contributed by atoms with Crippen LogP contribution in [0.4, 0.5) is 5.95 Å². The summed E-state index contributed by atoms with van der Waals surface area (Å²) in [5, 5.41) is 15.1. The Morgan fingerprint density at radius 3 is 2.43 bits per heavy atom. The van der Waals surface area contributed by atoms with E-state index in [1.807, 2.05) is 30.3 Å². The molecule has 0 aliphatic heterocycles. The van der Waals surface area contributed by atoms with E-state index in [1.165, 1.54) is 11.1 Å². The van der Waals surface area contributed by atoms with Crippen molar-refractivity contribution in [3.63, 3.8) is 0 Å². The first-order valence-corrected chi connectivity index (χ1v) is 7.90. The molecule has 3 rings (SSSR count). The molecule has 0 unspecified atom stereocenters. The van der Waals surface area contributed by atoms with Crippen LogP contribution in [0.2, 0.25) is 0 Å². The first-order valence-electron chi connectivity index (χ1n) is 7.90. The van der Waals surface area contributed by atoms with Gasteiger partial charge in [0.1, 0.15) is 0 Å². The number of hydrogen-bond donors (Lipinski definition) is 1. The predicted octanol–water partition coefficient (Wildman–Crippen LogP) is 3.44. The normalized spacial score (nSPS) is 10.9. The summed E-state index contributed by atoms with van der Waals surface area (Å²) in [5.41, 5.74) is 3.62. The molecule has 5 nitrogen and oxygen atoms in total. The molecule has 0 saturated carbocycles. The summed E-state index contributed by atoms with van der Waals surface area (Å²) in [6.45, 7) is 5.20. The van der Waals surface area contributed by atoms with Crippen LogP contribution in [-0.2, 0) is 6.42 Å². The van der Waals surface area contributed by atoms with Gasteiger partial charge in [-0.3, -0.25) is 0 Å². The molecule has 0 spiro atoms. The summed E-state index contributed by atoms with van der Waals surface area (Å²) in [6, 6.07) is 18.7. The summed E-state index contributed by atoms with van der Waals surface area (Å²) >= 11 is 0. The van der Waals surface area contributed by atoms with Crippen LogP contribution in [0.25, 0.3) is 5.69 Å². The second kappa shape index (κ2) is 7.05. The van der Waals surface area contributed by atoms with E-state index in [4.69, 9.17) is 0 Å². The molecule has 0 radical (unpaired) electrons. The van der Waals surface area contributed by atoms with Crippen molar-refractivity contribution in [3.8, 4) is 5.69 Å². The van der Waals surface area contributed by atoms with Gasteiger partial charge in [0.15, 0.2) is 0 Å². The Balaban J connectivity index is 1.60. The number of aromatic nitrogens is 4. The minimum atomic E-state index is 0.567. The molecule has 0 fully saturated rings. The summed E-state index contributed by atoms with van der Waals surface area (Å²) in [6.07, 6.45) is 0.931. The molecule has 0 atom stereocenters. The molecule has 23 heavy (non-hydrogen) atoms. The van der Waals surface area contributed by atoms with Crippen LogP contribution in [-0.4, -0.2) is 26.8 Å². The fourth-order valence-electron chi connectivity index (χ4n) is 2.43. The standard InChI is InChI=1S/C18H21N5/c1-14(2)16-10-8-15(9-11-16)12-13-19-18-20-21-22-23(18)17-6-4-3-5-7-17/h3-11,14H,12-13H2,1-2H3,(H,19,20,22). The molecule has 1 N–H and O–H groups in total. The van der Waals surface area contributed by atoms with E-state index in [0.29, 0.717) is 11.9 Å². The molecule has 5 heteroatoms. The largest absolute Gasteiger partial charge is 0.352 e. The van der Waals surface area contributed by atoms with Crippen LogP contribution >= 0.6 is 0 Å². The monoisotopic (exact) mass is 307 g/mol. The lowest BCUT2D eigenvalue weighted by Gasteiger charge is -2.08. The molecule has 1 aromatic heterocycles. The van der Waals surface area contributed by atoms with Crippen LogP contribution < -0.4 is 5.32 Å². The number of rotatable bonds is 6. The van der Waals surface area contributed by atoms with Crippen molar-refractivity contribution in [2.24, 2.45) is 0 Å². The molecule has 0 bridgehead atoms. The van der Waals surface area contributed by atoms with Crippen LogP contribution in [0.1, 0.15) is 30.9 Å². The van der Waals surface area contributed by atoms with Crippen LogP contribution in [0, 0.1) is 0 Å². The van der Waals surface area contributed by atoms with Gasteiger partial charge >= 0.3 is 0 Å². The highest BCUT2D eigenvalue weighted by Gasteiger charge is 2.07. The van der Waals surface area contributed by atoms with E-state index >= 15 is 0 Å². The van der Waals surface area contributed by atoms with Gasteiger partial charge in [-0.15, -0.1) is 0 Å². The maximum Gasteiger partial charge on any atom is 0.247 e. The van der Waals surface area contributed by atoms with Gasteiger partial charge in [0.05, 0.1) is 5.69 Å². The Morgan fingerprint density at radius 1 is 1.00 bits per heavy atom. The first-order chi connectivity index (χ1) is 11.2. The van der Waals surface area contributed by atoms with Gasteiger partial charge in [-0.1, -0.05) is 61.4 Å². The van der Waals surface area contributed by atoms with E-state index < -0.39 is 0 Å². The second-order valence-electron chi connectivity index (χ2n) is 5.82. The highest BCUT2D eigenvalue weighted by Crippen LogP contribution is 2.15. The minimum absolute atomic E-state index is 0.567. The summed E-state index contributed by atoms with van der Waals surface area (Å²) in [5.74, 6) is 1.23. The fraction of sp³-hybridized carbons (Fsp3) is 0.278. The summed E-state index contributed by atoms with van der Waals surface area (Å²) in [4.78, 5) is 0. The van der Waals surface area contributed by atoms with Gasteiger partial charge < -0.3 is 5.32 Å². The topological polar surface area (TPSA) is 55.6 Å². The Kier molecular flexibility index (Phi) is 4.66. The Morgan fingerprint density at radius 2 is 1.74 bits per heavy atom. The molecule has 118 valence electrons. The lowest BCUT2D eigenvalue weighted by molar-refractivity contribution is 0.789. The molecule has 0 saturated heterocycles. The van der Waals surface area contributed by atoms with Crippen LogP contribution in [0.3, 0.4) is 0 Å². The Bertz CT molecular complexity index is 732. The van der Waals surface area contributed by atoms with E-state index in [-0.39, 0.29) is 0 Å². The molecular formula is C18H21N5. The lowest BCUT2D eigenvalue weighted by Crippen LogP contribution is -2.10. The minimum Gasteiger partial charge on any atom is -0.352 e. The van der Waals surface area contributed by atoms with Crippen molar-refractivity contribution in [2.45, 2.75) is 26.2 Å². The van der Waals surface area contributed by atoms with Gasteiger partial charge in [-0.25, -0.2) is 0 Å². The number of tetrazole rings is 1. The summed E-state index contributed by atoms with van der Waals surface area (Å²) < 4.78 is 1.71. The Labute approximate surface area is 136 Å². The van der Waals surface area contributed by atoms with Crippen LogP contribution in [0.15, 0.2) is 54.6 Å². The van der Waals surface area contributed by atoms with Crippen molar-refractivity contribution >= 4 is 5.95 Å². The van der Waals surface area contributed by atoms with Crippen molar-refractivity contribution in [3.05, 3.63) is 65.7 Å². The van der Waals surface area contributed by atoms with E-state index in [2.05, 4.69) is 59.0 Å². The molecular weight excluding hydrogens is 286 g/mol. The summed E-state index contributed by atoms with van der Waals surface area (Å²) in [7, 11) is 0. The average molecular weight is 307 g/mol. The van der Waals surface area contributed by atoms with Crippen molar-refractivity contribution in [1.82, 2.24) is 20.2 Å². The van der Waals surface area contributed by atoms with Gasteiger partial charge in [-0.05, 0) is 46.0 Å². The van der Waals surface area contributed by atoms with Gasteiger partial charge in [-0.2, -0.15) is 4.68 Å². The molecule has 1 heterocycles. The smallest absolute Gasteiger partial charge is 0.247 e. The average Bonchev–Trinajstić information content (AvgIpc) is 3.05. The first kappa shape index (κ1) is 15.2. The molecule has 2 aromatic carbocycles. The van der Waals surface area contributed by atoms with E-state index in [1.54, 1.807) is 4.68 Å². The van der Waals surface area contributed by atoms with Crippen molar-refractivity contribution in [2.75, 3.05) is 11.9 Å². The molecule has 3 aromatic rings. The van der Waals surface area contributed by atoms with E-state index in [0.717, 1.165) is 18.7 Å². The number of para-hydroxylation sites is 1. The maximum absolute atomic E-state index is 4.05. The molecule has 0 aliphatic carbocycles. The van der Waals surface area contributed by atoms with Crippen molar-refractivity contribution in [1.29, 1.82) is 0 Å². The zero-order valence-electron chi connectivity index (χ0n) is 13.5. The number of anilines is 1. The van der Waals surface area contributed by atoms with Gasteiger partial charge in [0.25, 0.3) is 0 Å². The third-order valence-corrected chi connectivity index (χ3v) is 3.81. The van der Waals surface area contributed by atoms with Crippen molar-refractivity contribution < 1.29 is 0 Å². The lowest BCUT2D eigenvalue weighted by atomic mass is 10.0. The highest BCUT2D eigenvalue weighted by atomic mass is 15.6. The second-order valence-corrected chi connectivity index (χ2v) is 5.82. The third-order valence-electron chi connectivity index (χ3n) is 3.81. The van der Waals surface area contributed by atoms with Gasteiger partial charge in [0.2, 0.25) is 5.95 Å². The molecule has 0 aliphatic rings. The Hall–Kier alpha value is -2.69. The maximum atomic E-state index is 4.05. The van der Waals surface area contributed by atoms with Gasteiger partial charge in [0, 0.05) is 6.54 Å². The number of benzene rings is 2. The molecule has 0 amide bonds. The number of nitrogens with zero attached hydrogens (tertiary/aromatic N) is 4. The zero-order valence-corrected chi connectivity index (χ0v) is 13.5. The predicted molar refractivity (Wildman–Crippen MR) is 91.9 cm³/mol. The number of nitrogens with one attached hydrogen (secondary N) is 1. The van der Waals surface area contributed by atoms with Crippen LogP contribution in [0.5, 0.6) is 0 Å². The van der Waals surface area contributed by atoms with E-state index in [9.17, 15) is 0 Å². The SMILES string of the molecule is CC(C)c1ccc(CCNc2nnnn2-c2ccccc2)cc1. The zero-order chi connectivity index (χ0) is 16.1. The fourth-order valence-corrected chi connectivity index (χ4v) is 2.43. The number of hydrogen-bond acceptors (Lipinski definition) is 4. The third kappa shape index (κ3) is 3.74. The quantitative estimate of drug-likeness (QED) is 0.758. The highest BCUT2D eigenvalue weighted by molar-refractivity contribution is 5.38.